The number of carbonyl (C=O) groups is 1. The number of halogens is 1. The van der Waals surface area contributed by atoms with E-state index >= 15 is 0 Å². The highest BCUT2D eigenvalue weighted by Gasteiger charge is 2.31. The Balaban J connectivity index is 1.85. The smallest absolute Gasteiger partial charge is 0.348 e. The van der Waals surface area contributed by atoms with E-state index in [2.05, 4.69) is 36.7 Å². The second-order valence-corrected chi connectivity index (χ2v) is 7.10. The van der Waals surface area contributed by atoms with E-state index in [1.54, 1.807) is 24.3 Å². The SMILES string of the molecule is CC1CCCCN1c1ncnc(NNC(=O)c2ccccc2Br)c1[N+](=O)[O-]. The number of aromatic nitrogens is 2. The van der Waals surface area contributed by atoms with E-state index in [1.165, 1.54) is 6.33 Å². The third kappa shape index (κ3) is 4.16. The first-order valence-electron chi connectivity index (χ1n) is 8.56. The molecule has 2 aromatic rings. The van der Waals surface area contributed by atoms with Crippen LogP contribution in [-0.4, -0.2) is 33.4 Å². The van der Waals surface area contributed by atoms with Crippen molar-refractivity contribution in [2.24, 2.45) is 0 Å². The molecule has 0 radical (unpaired) electrons. The number of piperidine rings is 1. The summed E-state index contributed by atoms with van der Waals surface area (Å²) in [5.41, 5.74) is 5.18. The first-order chi connectivity index (χ1) is 13.0. The van der Waals surface area contributed by atoms with Crippen molar-refractivity contribution in [2.75, 3.05) is 16.9 Å². The Morgan fingerprint density at radius 1 is 1.33 bits per heavy atom. The minimum Gasteiger partial charge on any atom is -0.348 e. The third-order valence-corrected chi connectivity index (χ3v) is 5.16. The van der Waals surface area contributed by atoms with Crippen molar-refractivity contribution in [1.82, 2.24) is 15.4 Å². The van der Waals surface area contributed by atoms with Gasteiger partial charge in [-0.25, -0.2) is 9.97 Å². The summed E-state index contributed by atoms with van der Waals surface area (Å²) in [5.74, 6) is -0.230. The van der Waals surface area contributed by atoms with Gasteiger partial charge >= 0.3 is 5.69 Å². The summed E-state index contributed by atoms with van der Waals surface area (Å²) in [6.07, 6.45) is 4.25. The molecular weight excluding hydrogens is 416 g/mol. The van der Waals surface area contributed by atoms with Gasteiger partial charge in [-0.3, -0.25) is 25.8 Å². The van der Waals surface area contributed by atoms with Gasteiger partial charge in [0.15, 0.2) is 0 Å². The topological polar surface area (TPSA) is 113 Å². The van der Waals surface area contributed by atoms with Crippen LogP contribution in [0.2, 0.25) is 0 Å². The lowest BCUT2D eigenvalue weighted by Gasteiger charge is -2.33. The molecule has 1 aromatic heterocycles. The molecule has 1 unspecified atom stereocenters. The molecule has 2 N–H and O–H groups in total. The zero-order valence-electron chi connectivity index (χ0n) is 14.7. The molecule has 0 saturated carbocycles. The Bertz CT molecular complexity index is 862. The number of hydrogen-bond donors (Lipinski definition) is 2. The molecule has 1 fully saturated rings. The fourth-order valence-corrected chi connectivity index (χ4v) is 3.55. The summed E-state index contributed by atoms with van der Waals surface area (Å²) in [5, 5.41) is 11.7. The summed E-state index contributed by atoms with van der Waals surface area (Å²) in [4.78, 5) is 33.5. The van der Waals surface area contributed by atoms with Crippen molar-refractivity contribution < 1.29 is 9.72 Å². The molecule has 0 spiro atoms. The van der Waals surface area contributed by atoms with Gasteiger partial charge in [-0.2, -0.15) is 0 Å². The predicted molar refractivity (Wildman–Crippen MR) is 105 cm³/mol. The Morgan fingerprint density at radius 2 is 2.11 bits per heavy atom. The molecule has 2 heterocycles. The van der Waals surface area contributed by atoms with Gasteiger partial charge in [-0.05, 0) is 54.2 Å². The first kappa shape index (κ1) is 19.0. The quantitative estimate of drug-likeness (QED) is 0.547. The van der Waals surface area contributed by atoms with E-state index in [9.17, 15) is 14.9 Å². The molecule has 1 aromatic carbocycles. The highest BCUT2D eigenvalue weighted by atomic mass is 79.9. The second-order valence-electron chi connectivity index (χ2n) is 6.25. The Labute approximate surface area is 164 Å². The van der Waals surface area contributed by atoms with Crippen LogP contribution in [-0.2, 0) is 0 Å². The number of carbonyl (C=O) groups excluding carboxylic acids is 1. The fraction of sp³-hybridized carbons (Fsp3) is 0.353. The number of nitrogens with zero attached hydrogens (tertiary/aromatic N) is 4. The Hall–Kier alpha value is -2.75. The predicted octanol–water partition coefficient (Wildman–Crippen LogP) is 3.28. The molecule has 1 aliphatic rings. The van der Waals surface area contributed by atoms with Crippen LogP contribution in [0.5, 0.6) is 0 Å². The molecular formula is C17H19BrN6O3. The van der Waals surface area contributed by atoms with Gasteiger partial charge in [-0.15, -0.1) is 0 Å². The van der Waals surface area contributed by atoms with Crippen molar-refractivity contribution >= 4 is 39.2 Å². The summed E-state index contributed by atoms with van der Waals surface area (Å²) < 4.78 is 0.615. The number of amides is 1. The Kier molecular flexibility index (Phi) is 5.84. The molecule has 27 heavy (non-hydrogen) atoms. The molecule has 1 atom stereocenters. The summed E-state index contributed by atoms with van der Waals surface area (Å²) in [6, 6.07) is 7.03. The standard InChI is InChI=1S/C17H19BrN6O3/c1-11-6-4-5-9-23(11)16-14(24(26)27)15(19-10-20-16)21-22-17(25)12-7-2-3-8-13(12)18/h2-3,7-8,10-11H,4-6,9H2,1H3,(H,22,25)(H,19,20,21). The zero-order chi connectivity index (χ0) is 19.4. The molecule has 9 nitrogen and oxygen atoms in total. The van der Waals surface area contributed by atoms with E-state index in [0.29, 0.717) is 16.6 Å². The number of rotatable bonds is 5. The van der Waals surface area contributed by atoms with Crippen LogP contribution in [0.4, 0.5) is 17.3 Å². The van der Waals surface area contributed by atoms with Crippen LogP contribution in [0.1, 0.15) is 36.5 Å². The number of nitrogens with one attached hydrogen (secondary N) is 2. The highest BCUT2D eigenvalue weighted by Crippen LogP contribution is 2.34. The van der Waals surface area contributed by atoms with Crippen molar-refractivity contribution in [3.05, 3.63) is 50.7 Å². The first-order valence-corrected chi connectivity index (χ1v) is 9.35. The van der Waals surface area contributed by atoms with Gasteiger partial charge in [0.2, 0.25) is 11.6 Å². The van der Waals surface area contributed by atoms with Crippen molar-refractivity contribution in [3.63, 3.8) is 0 Å². The van der Waals surface area contributed by atoms with Gasteiger partial charge in [0.1, 0.15) is 6.33 Å². The third-order valence-electron chi connectivity index (χ3n) is 4.47. The minimum absolute atomic E-state index is 0.0526. The largest absolute Gasteiger partial charge is 0.355 e. The number of hydrogen-bond acceptors (Lipinski definition) is 7. The van der Waals surface area contributed by atoms with Crippen LogP contribution < -0.4 is 15.8 Å². The monoisotopic (exact) mass is 434 g/mol. The lowest BCUT2D eigenvalue weighted by molar-refractivity contribution is -0.383. The van der Waals surface area contributed by atoms with Crippen molar-refractivity contribution in [2.45, 2.75) is 32.2 Å². The van der Waals surface area contributed by atoms with Crippen molar-refractivity contribution in [3.8, 4) is 0 Å². The molecule has 0 bridgehead atoms. The highest BCUT2D eigenvalue weighted by molar-refractivity contribution is 9.10. The van der Waals surface area contributed by atoms with Crippen LogP contribution >= 0.6 is 15.9 Å². The van der Waals surface area contributed by atoms with E-state index in [0.717, 1.165) is 19.3 Å². The maximum absolute atomic E-state index is 12.3. The van der Waals surface area contributed by atoms with Gasteiger partial charge in [0.25, 0.3) is 5.91 Å². The Morgan fingerprint density at radius 3 is 2.81 bits per heavy atom. The lowest BCUT2D eigenvalue weighted by Crippen LogP contribution is -2.38. The van der Waals surface area contributed by atoms with Crippen LogP contribution in [0.25, 0.3) is 0 Å². The molecule has 1 aliphatic heterocycles. The maximum Gasteiger partial charge on any atom is 0.355 e. The maximum atomic E-state index is 12.3. The summed E-state index contributed by atoms with van der Waals surface area (Å²) in [6.45, 7) is 2.72. The number of nitro groups is 1. The van der Waals surface area contributed by atoms with Gasteiger partial charge < -0.3 is 4.90 Å². The van der Waals surface area contributed by atoms with Gasteiger partial charge in [-0.1, -0.05) is 12.1 Å². The number of anilines is 2. The van der Waals surface area contributed by atoms with E-state index < -0.39 is 10.8 Å². The summed E-state index contributed by atoms with van der Waals surface area (Å²) in [7, 11) is 0. The number of benzene rings is 1. The molecule has 142 valence electrons. The molecule has 3 rings (SSSR count). The van der Waals surface area contributed by atoms with Crippen molar-refractivity contribution in [1.29, 1.82) is 0 Å². The van der Waals surface area contributed by atoms with Crippen LogP contribution in [0.15, 0.2) is 35.1 Å². The number of hydrazine groups is 1. The van der Waals surface area contributed by atoms with Gasteiger partial charge in [0, 0.05) is 17.1 Å². The van der Waals surface area contributed by atoms with E-state index in [-0.39, 0.29) is 23.4 Å². The molecule has 1 saturated heterocycles. The molecule has 1 amide bonds. The molecule has 10 heteroatoms. The van der Waals surface area contributed by atoms with Gasteiger partial charge in [0.05, 0.1) is 10.5 Å². The van der Waals surface area contributed by atoms with E-state index in [4.69, 9.17) is 0 Å². The molecule has 0 aliphatic carbocycles. The van der Waals surface area contributed by atoms with E-state index in [1.807, 2.05) is 11.8 Å². The fourth-order valence-electron chi connectivity index (χ4n) is 3.08. The second kappa shape index (κ2) is 8.30. The summed E-state index contributed by atoms with van der Waals surface area (Å²) >= 11 is 3.30. The van der Waals surface area contributed by atoms with Crippen LogP contribution in [0.3, 0.4) is 0 Å². The lowest BCUT2D eigenvalue weighted by atomic mass is 10.0. The average molecular weight is 435 g/mol. The minimum atomic E-state index is -0.524. The average Bonchev–Trinajstić information content (AvgIpc) is 2.66. The van der Waals surface area contributed by atoms with Crippen LogP contribution in [0, 0.1) is 10.1 Å². The normalized spacial score (nSPS) is 16.7. The zero-order valence-corrected chi connectivity index (χ0v) is 16.3.